The van der Waals surface area contributed by atoms with Crippen LogP contribution in [0.15, 0.2) is 47.5 Å². The zero-order chi connectivity index (χ0) is 22.0. The van der Waals surface area contributed by atoms with Gasteiger partial charge in [-0.2, -0.15) is 9.47 Å². The molecule has 31 heavy (non-hydrogen) atoms. The molecule has 2 unspecified atom stereocenters. The van der Waals surface area contributed by atoms with Crippen LogP contribution in [0.3, 0.4) is 0 Å². The first-order valence-corrected chi connectivity index (χ1v) is 10.8. The number of aryl methyl sites for hydroxylation is 1. The lowest BCUT2D eigenvalue weighted by Gasteiger charge is -2.33. The highest BCUT2D eigenvalue weighted by Gasteiger charge is 2.40. The van der Waals surface area contributed by atoms with Crippen LogP contribution in [0.2, 0.25) is 0 Å². The van der Waals surface area contributed by atoms with Gasteiger partial charge in [0.05, 0.1) is 6.54 Å². The predicted octanol–water partition coefficient (Wildman–Crippen LogP) is 3.24. The molecule has 0 saturated heterocycles. The lowest BCUT2D eigenvalue weighted by atomic mass is 9.90. The molecule has 4 aromatic rings. The van der Waals surface area contributed by atoms with Crippen molar-refractivity contribution in [1.29, 1.82) is 0 Å². The van der Waals surface area contributed by atoms with Gasteiger partial charge in [-0.3, -0.25) is 0 Å². The molecular weight excluding hydrogens is 444 g/mol. The van der Waals surface area contributed by atoms with Crippen LogP contribution >= 0.6 is 23.3 Å². The van der Waals surface area contributed by atoms with Crippen molar-refractivity contribution in [3.8, 4) is 11.6 Å². The average molecular weight is 462 g/mol. The van der Waals surface area contributed by atoms with Crippen LogP contribution in [0.25, 0.3) is 11.6 Å². The van der Waals surface area contributed by atoms with Crippen molar-refractivity contribution >= 4 is 23.3 Å². The highest BCUT2D eigenvalue weighted by molar-refractivity contribution is 8.01. The summed E-state index contributed by atoms with van der Waals surface area (Å²) in [5, 5.41) is 15.0. The smallest absolute Gasteiger partial charge is 0.211 e. The van der Waals surface area contributed by atoms with Crippen LogP contribution in [0.4, 0.5) is 8.78 Å². The molecule has 0 aliphatic carbocycles. The van der Waals surface area contributed by atoms with E-state index in [1.54, 1.807) is 19.2 Å². The quantitative estimate of drug-likeness (QED) is 0.419. The van der Waals surface area contributed by atoms with Crippen molar-refractivity contribution in [2.75, 3.05) is 0 Å². The van der Waals surface area contributed by atoms with Gasteiger partial charge in [-0.15, -0.1) is 0 Å². The number of aromatic nitrogens is 7. The minimum atomic E-state index is -1.73. The largest absolute Gasteiger partial charge is 0.382 e. The first kappa shape index (κ1) is 21.4. The first-order valence-electron chi connectivity index (χ1n) is 9.16. The van der Waals surface area contributed by atoms with E-state index in [0.29, 0.717) is 16.0 Å². The number of rotatable bonds is 7. The molecule has 0 fully saturated rings. The maximum Gasteiger partial charge on any atom is 0.211 e. The van der Waals surface area contributed by atoms with Gasteiger partial charge < -0.3 is 5.11 Å². The Morgan fingerprint density at radius 1 is 1.23 bits per heavy atom. The third-order valence-corrected chi connectivity index (χ3v) is 6.68. The van der Waals surface area contributed by atoms with E-state index >= 15 is 0 Å². The molecule has 4 rings (SSSR count). The van der Waals surface area contributed by atoms with Crippen molar-refractivity contribution in [2.45, 2.75) is 35.6 Å². The molecule has 0 aliphatic rings. The fourth-order valence-corrected chi connectivity index (χ4v) is 4.96. The van der Waals surface area contributed by atoms with Crippen molar-refractivity contribution < 1.29 is 13.9 Å². The molecule has 0 saturated carbocycles. The number of aliphatic hydroxyl groups is 1. The van der Waals surface area contributed by atoms with E-state index in [-0.39, 0.29) is 12.1 Å². The molecular formula is C19H17F2N7OS2. The second-order valence-corrected chi connectivity index (χ2v) is 9.15. The third kappa shape index (κ3) is 4.60. The predicted molar refractivity (Wildman–Crippen MR) is 111 cm³/mol. The topological polar surface area (TPSA) is 102 Å². The summed E-state index contributed by atoms with van der Waals surface area (Å²) >= 11 is 2.34. The summed E-state index contributed by atoms with van der Waals surface area (Å²) in [5.74, 6) is -0.799. The summed E-state index contributed by atoms with van der Waals surface area (Å²) in [4.78, 5) is 16.8. The van der Waals surface area contributed by atoms with Gasteiger partial charge in [0.25, 0.3) is 0 Å². The van der Waals surface area contributed by atoms with Crippen molar-refractivity contribution in [2.24, 2.45) is 0 Å². The Hall–Kier alpha value is -2.83. The second-order valence-electron chi connectivity index (χ2n) is 6.81. The maximum atomic E-state index is 14.6. The average Bonchev–Trinajstić information content (AvgIpc) is 3.40. The number of halogens is 2. The number of hydrogen-bond acceptors (Lipinski definition) is 9. The second kappa shape index (κ2) is 8.73. The van der Waals surface area contributed by atoms with Crippen LogP contribution < -0.4 is 0 Å². The molecule has 3 heterocycles. The fourth-order valence-electron chi connectivity index (χ4n) is 2.99. The molecule has 1 N–H and O–H groups in total. The van der Waals surface area contributed by atoms with Crippen molar-refractivity contribution in [3.05, 3.63) is 66.0 Å². The van der Waals surface area contributed by atoms with Gasteiger partial charge in [-0.25, -0.2) is 33.4 Å². The number of thioether (sulfide) groups is 1. The van der Waals surface area contributed by atoms with E-state index in [0.717, 1.165) is 29.4 Å². The third-order valence-electron chi connectivity index (χ3n) is 4.62. The Bertz CT molecular complexity index is 1190. The highest BCUT2D eigenvalue weighted by Crippen LogP contribution is 2.40. The summed E-state index contributed by atoms with van der Waals surface area (Å²) < 4.78 is 34.3. The Labute approximate surface area is 184 Å². The molecule has 0 bridgehead atoms. The molecule has 12 heteroatoms. The van der Waals surface area contributed by atoms with E-state index in [1.807, 2.05) is 6.92 Å². The summed E-state index contributed by atoms with van der Waals surface area (Å²) in [6, 6.07) is 4.87. The van der Waals surface area contributed by atoms with Gasteiger partial charge in [0, 0.05) is 28.8 Å². The molecule has 0 radical (unpaired) electrons. The Kier molecular flexibility index (Phi) is 6.03. The maximum absolute atomic E-state index is 14.6. The number of benzene rings is 1. The van der Waals surface area contributed by atoms with Crippen LogP contribution in [-0.2, 0) is 12.1 Å². The van der Waals surface area contributed by atoms with Gasteiger partial charge in [-0.1, -0.05) is 17.8 Å². The molecule has 160 valence electrons. The minimum absolute atomic E-state index is 0.0452. The minimum Gasteiger partial charge on any atom is -0.382 e. The van der Waals surface area contributed by atoms with Gasteiger partial charge in [0.1, 0.15) is 29.9 Å². The molecule has 0 amide bonds. The molecule has 2 atom stereocenters. The molecule has 3 aromatic heterocycles. The van der Waals surface area contributed by atoms with Crippen LogP contribution in [0.5, 0.6) is 0 Å². The van der Waals surface area contributed by atoms with Gasteiger partial charge >= 0.3 is 0 Å². The summed E-state index contributed by atoms with van der Waals surface area (Å²) in [7, 11) is 0. The monoisotopic (exact) mass is 461 g/mol. The Morgan fingerprint density at radius 2 is 2.06 bits per heavy atom. The van der Waals surface area contributed by atoms with E-state index in [1.165, 1.54) is 35.2 Å². The van der Waals surface area contributed by atoms with Crippen LogP contribution in [-0.4, -0.2) is 44.4 Å². The van der Waals surface area contributed by atoms with Crippen LogP contribution in [0.1, 0.15) is 18.2 Å². The van der Waals surface area contributed by atoms with E-state index in [9.17, 15) is 13.9 Å². The molecule has 8 nitrogen and oxygen atoms in total. The summed E-state index contributed by atoms with van der Waals surface area (Å²) in [6.07, 6.45) is 4.36. The highest BCUT2D eigenvalue weighted by atomic mass is 32.2. The van der Waals surface area contributed by atoms with Gasteiger partial charge in [0.15, 0.2) is 10.2 Å². The summed E-state index contributed by atoms with van der Waals surface area (Å²) in [6.45, 7) is 3.49. The normalized spacial score (nSPS) is 14.4. The number of hydrogen-bond donors (Lipinski definition) is 1. The van der Waals surface area contributed by atoms with Crippen molar-refractivity contribution in [1.82, 2.24) is 34.1 Å². The summed E-state index contributed by atoms with van der Waals surface area (Å²) in [5.41, 5.74) is -0.991. The van der Waals surface area contributed by atoms with Gasteiger partial charge in [0.2, 0.25) is 5.82 Å². The fraction of sp³-hybridized carbons (Fsp3) is 0.263. The van der Waals surface area contributed by atoms with E-state index < -0.39 is 22.5 Å². The Morgan fingerprint density at radius 3 is 2.77 bits per heavy atom. The van der Waals surface area contributed by atoms with E-state index in [4.69, 9.17) is 0 Å². The zero-order valence-electron chi connectivity index (χ0n) is 16.5. The molecule has 0 spiro atoms. The SMILES string of the molecule is Cc1ccnc(-c2nsc(SC(C)C(O)(Cn3cncn3)c3ccc(F)cc3F)n2)n1. The number of nitrogens with zero attached hydrogens (tertiary/aromatic N) is 7. The zero-order valence-corrected chi connectivity index (χ0v) is 18.1. The lowest BCUT2D eigenvalue weighted by Crippen LogP contribution is -2.41. The van der Waals surface area contributed by atoms with Gasteiger partial charge in [-0.05, 0) is 37.5 Å². The standard InChI is InChI=1S/C19H17F2N7OS2/c1-11-5-6-23-16(25-11)17-26-18(31-27-17)30-12(2)19(29,8-28-10-22-9-24-28)14-4-3-13(20)7-15(14)21/h3-7,9-10,12,29H,8H2,1-2H3. The van der Waals surface area contributed by atoms with Crippen LogP contribution in [0, 0.1) is 18.6 Å². The van der Waals surface area contributed by atoms with Crippen molar-refractivity contribution in [3.63, 3.8) is 0 Å². The lowest BCUT2D eigenvalue weighted by molar-refractivity contribution is 0.0133. The first-order chi connectivity index (χ1) is 14.8. The van der Waals surface area contributed by atoms with E-state index in [2.05, 4.69) is 29.4 Å². The molecule has 0 aliphatic heterocycles. The molecule has 1 aromatic carbocycles. The Balaban J connectivity index is 1.64.